The maximum atomic E-state index is 13.6. The Kier molecular flexibility index (Phi) is 6.72. The lowest BCUT2D eigenvalue weighted by Gasteiger charge is -2.23. The van der Waals surface area contributed by atoms with Gasteiger partial charge >= 0.3 is 10.1 Å². The Morgan fingerprint density at radius 3 is 2.52 bits per heavy atom. The van der Waals surface area contributed by atoms with Crippen molar-refractivity contribution >= 4 is 27.6 Å². The Bertz CT molecular complexity index is 1270. The van der Waals surface area contributed by atoms with Crippen LogP contribution in [0.4, 0.5) is 4.39 Å². The van der Waals surface area contributed by atoms with Gasteiger partial charge in [-0.15, -0.1) is 0 Å². The summed E-state index contributed by atoms with van der Waals surface area (Å²) in [6, 6.07) is 17.0. The molecule has 172 valence electrons. The minimum atomic E-state index is -4.15. The number of benzene rings is 3. The molecule has 1 aliphatic carbocycles. The van der Waals surface area contributed by atoms with Gasteiger partial charge in [0.15, 0.2) is 0 Å². The van der Waals surface area contributed by atoms with Crippen LogP contribution in [0.2, 0.25) is 5.02 Å². The summed E-state index contributed by atoms with van der Waals surface area (Å²) >= 11 is 6.11. The van der Waals surface area contributed by atoms with Gasteiger partial charge in [0.2, 0.25) is 0 Å². The Morgan fingerprint density at radius 2 is 1.82 bits per heavy atom. The minimum Gasteiger partial charge on any atom is -0.379 e. The second-order valence-corrected chi connectivity index (χ2v) is 10.1. The van der Waals surface area contributed by atoms with Gasteiger partial charge in [0.25, 0.3) is 5.91 Å². The number of hydrogen-bond acceptors (Lipinski definition) is 4. The zero-order valence-corrected chi connectivity index (χ0v) is 19.6. The van der Waals surface area contributed by atoms with E-state index in [1.165, 1.54) is 30.3 Å². The van der Waals surface area contributed by atoms with Gasteiger partial charge in [0, 0.05) is 18.7 Å². The molecule has 1 fully saturated rings. The van der Waals surface area contributed by atoms with Crippen molar-refractivity contribution in [1.82, 2.24) is 4.90 Å². The van der Waals surface area contributed by atoms with E-state index in [-0.39, 0.29) is 33.7 Å². The summed E-state index contributed by atoms with van der Waals surface area (Å²) in [5.41, 5.74) is 1.46. The maximum Gasteiger partial charge on any atom is 0.340 e. The van der Waals surface area contributed by atoms with Crippen molar-refractivity contribution in [2.24, 2.45) is 5.92 Å². The molecule has 0 spiro atoms. The standard InChI is InChI=1S/C25H23ClFNO4S/c1-17-5-2-10-23(26)24(17)33(30,31)32-22-9-3-6-19(13-22)16-28(15-18-11-12-18)25(29)20-7-4-8-21(27)14-20/h2-10,13-14,18H,11-12,15-16H2,1H3. The largest absolute Gasteiger partial charge is 0.379 e. The zero-order valence-electron chi connectivity index (χ0n) is 18.0. The first-order chi connectivity index (χ1) is 15.7. The number of aryl methyl sites for hydroxylation is 1. The minimum absolute atomic E-state index is 0.0753. The van der Waals surface area contributed by atoms with Crippen molar-refractivity contribution < 1.29 is 21.8 Å². The van der Waals surface area contributed by atoms with E-state index in [4.69, 9.17) is 15.8 Å². The molecule has 0 aliphatic heterocycles. The Labute approximate surface area is 197 Å². The second kappa shape index (κ2) is 9.53. The lowest BCUT2D eigenvalue weighted by molar-refractivity contribution is 0.0734. The molecule has 1 aliphatic rings. The normalized spacial score (nSPS) is 13.5. The first-order valence-electron chi connectivity index (χ1n) is 10.6. The van der Waals surface area contributed by atoms with Crippen LogP contribution >= 0.6 is 11.6 Å². The highest BCUT2D eigenvalue weighted by Crippen LogP contribution is 2.32. The van der Waals surface area contributed by atoms with Crippen molar-refractivity contribution in [2.45, 2.75) is 31.2 Å². The molecule has 0 saturated heterocycles. The Morgan fingerprint density at radius 1 is 1.09 bits per heavy atom. The fourth-order valence-electron chi connectivity index (χ4n) is 3.65. The summed E-state index contributed by atoms with van der Waals surface area (Å²) in [7, 11) is -4.15. The molecule has 0 atom stereocenters. The van der Waals surface area contributed by atoms with Crippen LogP contribution in [0.5, 0.6) is 5.75 Å². The smallest absolute Gasteiger partial charge is 0.340 e. The van der Waals surface area contributed by atoms with E-state index >= 15 is 0 Å². The first-order valence-corrected chi connectivity index (χ1v) is 12.3. The molecule has 3 aromatic rings. The number of halogens is 2. The third kappa shape index (κ3) is 5.72. The van der Waals surface area contributed by atoms with Gasteiger partial charge in [0.1, 0.15) is 16.5 Å². The third-order valence-corrected chi connectivity index (χ3v) is 7.31. The van der Waals surface area contributed by atoms with E-state index in [0.717, 1.165) is 12.8 Å². The van der Waals surface area contributed by atoms with Crippen molar-refractivity contribution in [3.8, 4) is 5.75 Å². The molecule has 1 saturated carbocycles. The summed E-state index contributed by atoms with van der Waals surface area (Å²) in [4.78, 5) is 14.6. The van der Waals surface area contributed by atoms with Gasteiger partial charge in [-0.1, -0.05) is 41.9 Å². The van der Waals surface area contributed by atoms with Gasteiger partial charge in [-0.05, 0) is 73.2 Å². The average Bonchev–Trinajstić information content (AvgIpc) is 3.56. The van der Waals surface area contributed by atoms with Crippen molar-refractivity contribution in [3.63, 3.8) is 0 Å². The summed E-state index contributed by atoms with van der Waals surface area (Å²) in [6.45, 7) is 2.44. The molecule has 0 N–H and O–H groups in total. The Hall–Kier alpha value is -2.90. The van der Waals surface area contributed by atoms with Gasteiger partial charge < -0.3 is 9.08 Å². The van der Waals surface area contributed by atoms with Crippen molar-refractivity contribution in [1.29, 1.82) is 0 Å². The third-order valence-electron chi connectivity index (χ3n) is 5.43. The number of amides is 1. The summed E-state index contributed by atoms with van der Waals surface area (Å²) in [5, 5.41) is 0.0856. The van der Waals surface area contributed by atoms with Crippen LogP contribution in [0.1, 0.15) is 34.3 Å². The molecule has 4 rings (SSSR count). The number of carbonyl (C=O) groups is 1. The number of carbonyl (C=O) groups excluding carboxylic acids is 1. The van der Waals surface area contributed by atoms with Gasteiger partial charge in [-0.3, -0.25) is 4.79 Å². The Balaban J connectivity index is 1.56. The lowest BCUT2D eigenvalue weighted by Crippen LogP contribution is -2.32. The van der Waals surface area contributed by atoms with Crippen LogP contribution in [0, 0.1) is 18.7 Å². The molecule has 0 unspecified atom stereocenters. The molecule has 0 bridgehead atoms. The number of rotatable bonds is 8. The SMILES string of the molecule is Cc1cccc(Cl)c1S(=O)(=O)Oc1cccc(CN(CC2CC2)C(=O)c2cccc(F)c2)c1. The summed E-state index contributed by atoms with van der Waals surface area (Å²) in [6.07, 6.45) is 2.09. The molecule has 0 radical (unpaired) electrons. The van der Waals surface area contributed by atoms with E-state index in [1.807, 2.05) is 0 Å². The van der Waals surface area contributed by atoms with Crippen LogP contribution in [-0.2, 0) is 16.7 Å². The van der Waals surface area contributed by atoms with E-state index in [9.17, 15) is 17.6 Å². The molecule has 33 heavy (non-hydrogen) atoms. The predicted octanol–water partition coefficient (Wildman–Crippen LogP) is 5.61. The van der Waals surface area contributed by atoms with E-state index in [1.54, 1.807) is 48.2 Å². The van der Waals surface area contributed by atoms with Gasteiger partial charge in [-0.2, -0.15) is 8.42 Å². The van der Waals surface area contributed by atoms with Crippen LogP contribution in [-0.4, -0.2) is 25.8 Å². The predicted molar refractivity (Wildman–Crippen MR) is 124 cm³/mol. The van der Waals surface area contributed by atoms with Crippen LogP contribution < -0.4 is 4.18 Å². The molecular formula is C25H23ClFNO4S. The fraction of sp³-hybridized carbons (Fsp3) is 0.240. The van der Waals surface area contributed by atoms with Crippen LogP contribution in [0.3, 0.4) is 0 Å². The van der Waals surface area contributed by atoms with E-state index in [2.05, 4.69) is 0 Å². The molecule has 5 nitrogen and oxygen atoms in total. The second-order valence-electron chi connectivity index (χ2n) is 8.21. The quantitative estimate of drug-likeness (QED) is 0.387. The molecule has 0 heterocycles. The highest BCUT2D eigenvalue weighted by atomic mass is 35.5. The monoisotopic (exact) mass is 487 g/mol. The highest BCUT2D eigenvalue weighted by Gasteiger charge is 2.28. The fourth-order valence-corrected chi connectivity index (χ4v) is 5.37. The highest BCUT2D eigenvalue weighted by molar-refractivity contribution is 7.87. The first kappa shape index (κ1) is 23.3. The number of nitrogens with zero attached hydrogens (tertiary/aromatic N) is 1. The van der Waals surface area contributed by atoms with Crippen molar-refractivity contribution in [2.75, 3.05) is 6.54 Å². The zero-order chi connectivity index (χ0) is 23.6. The van der Waals surface area contributed by atoms with E-state index in [0.29, 0.717) is 23.6 Å². The summed E-state index contributed by atoms with van der Waals surface area (Å²) in [5.74, 6) is -0.198. The molecule has 0 aromatic heterocycles. The maximum absolute atomic E-state index is 13.6. The molecular weight excluding hydrogens is 465 g/mol. The average molecular weight is 488 g/mol. The molecule has 1 amide bonds. The lowest BCUT2D eigenvalue weighted by atomic mass is 10.1. The summed E-state index contributed by atoms with van der Waals surface area (Å²) < 4.78 is 44.7. The van der Waals surface area contributed by atoms with Crippen LogP contribution in [0.25, 0.3) is 0 Å². The van der Waals surface area contributed by atoms with Crippen LogP contribution in [0.15, 0.2) is 71.6 Å². The van der Waals surface area contributed by atoms with E-state index < -0.39 is 15.9 Å². The molecule has 8 heteroatoms. The number of hydrogen-bond donors (Lipinski definition) is 0. The van der Waals surface area contributed by atoms with Gasteiger partial charge in [0.05, 0.1) is 5.02 Å². The van der Waals surface area contributed by atoms with Crippen molar-refractivity contribution in [3.05, 3.63) is 94.3 Å². The van der Waals surface area contributed by atoms with Gasteiger partial charge in [-0.25, -0.2) is 4.39 Å². The topological polar surface area (TPSA) is 63.7 Å². The molecule has 3 aromatic carbocycles.